The van der Waals surface area contributed by atoms with Crippen LogP contribution >= 0.6 is 0 Å². The van der Waals surface area contributed by atoms with E-state index in [1.807, 2.05) is 32.1 Å². The molecule has 2 aromatic heterocycles. The van der Waals surface area contributed by atoms with Crippen LogP contribution in [0.25, 0.3) is 5.78 Å². The van der Waals surface area contributed by atoms with Gasteiger partial charge in [-0.05, 0) is 18.4 Å². The molecule has 0 unspecified atom stereocenters. The fourth-order valence-corrected chi connectivity index (χ4v) is 2.09. The standard InChI is InChI=1S/C13H14BN5/c14-12-17-13-16-10(8-11(15)19(13)18-12)7-6-9-4-2-1-3-5-9/h1-5,8H,6-7,14-15H2. The number of aromatic nitrogens is 4. The van der Waals surface area contributed by atoms with Gasteiger partial charge in [-0.25, -0.2) is 9.97 Å². The predicted molar refractivity (Wildman–Crippen MR) is 77.2 cm³/mol. The highest BCUT2D eigenvalue weighted by molar-refractivity contribution is 6.29. The average Bonchev–Trinajstić information content (AvgIpc) is 2.79. The normalized spacial score (nSPS) is 10.9. The lowest BCUT2D eigenvalue weighted by molar-refractivity contribution is 0.883. The first-order valence-corrected chi connectivity index (χ1v) is 6.25. The van der Waals surface area contributed by atoms with Crippen molar-refractivity contribution in [1.82, 2.24) is 19.6 Å². The van der Waals surface area contributed by atoms with E-state index >= 15 is 0 Å². The van der Waals surface area contributed by atoms with Gasteiger partial charge in [-0.15, -0.1) is 0 Å². The maximum Gasteiger partial charge on any atom is 0.253 e. The molecule has 0 fully saturated rings. The van der Waals surface area contributed by atoms with Crippen molar-refractivity contribution in [2.24, 2.45) is 0 Å². The van der Waals surface area contributed by atoms with Crippen molar-refractivity contribution in [2.45, 2.75) is 12.8 Å². The van der Waals surface area contributed by atoms with Crippen LogP contribution < -0.4 is 11.5 Å². The Kier molecular flexibility index (Phi) is 2.91. The van der Waals surface area contributed by atoms with Crippen LogP contribution in [0.3, 0.4) is 0 Å². The van der Waals surface area contributed by atoms with Crippen molar-refractivity contribution in [3.8, 4) is 0 Å². The number of hydrogen-bond acceptors (Lipinski definition) is 4. The molecule has 0 saturated heterocycles. The summed E-state index contributed by atoms with van der Waals surface area (Å²) in [5.74, 6) is 1.15. The summed E-state index contributed by atoms with van der Waals surface area (Å²) in [6.07, 6.45) is 1.78. The van der Waals surface area contributed by atoms with Gasteiger partial charge in [0.15, 0.2) is 7.85 Å². The Morgan fingerprint density at radius 1 is 1.11 bits per heavy atom. The lowest BCUT2D eigenvalue weighted by Crippen LogP contribution is -2.08. The molecule has 1 aromatic carbocycles. The zero-order valence-electron chi connectivity index (χ0n) is 10.7. The van der Waals surface area contributed by atoms with E-state index in [9.17, 15) is 0 Å². The lowest BCUT2D eigenvalue weighted by atomic mass is 10.1. The van der Waals surface area contributed by atoms with E-state index < -0.39 is 0 Å². The average molecular weight is 251 g/mol. The van der Waals surface area contributed by atoms with Crippen molar-refractivity contribution in [2.75, 3.05) is 5.73 Å². The van der Waals surface area contributed by atoms with Crippen molar-refractivity contribution < 1.29 is 0 Å². The summed E-state index contributed by atoms with van der Waals surface area (Å²) in [7, 11) is 1.83. The molecule has 3 rings (SSSR count). The molecule has 3 aromatic rings. The molecular formula is C13H14BN5. The molecule has 0 spiro atoms. The fourth-order valence-electron chi connectivity index (χ4n) is 2.09. The predicted octanol–water partition coefficient (Wildman–Crippen LogP) is -0.250. The number of rotatable bonds is 3. The molecule has 0 saturated carbocycles. The maximum absolute atomic E-state index is 5.96. The highest BCUT2D eigenvalue weighted by Gasteiger charge is 2.07. The van der Waals surface area contributed by atoms with Crippen LogP contribution in [-0.4, -0.2) is 27.4 Å². The zero-order chi connectivity index (χ0) is 13.2. The second-order valence-electron chi connectivity index (χ2n) is 4.53. The number of fused-ring (bicyclic) bond motifs is 1. The third-order valence-corrected chi connectivity index (χ3v) is 3.01. The molecule has 0 radical (unpaired) electrons. The molecule has 6 heteroatoms. The first-order valence-electron chi connectivity index (χ1n) is 6.25. The molecular weight excluding hydrogens is 237 g/mol. The molecule has 0 aliphatic rings. The van der Waals surface area contributed by atoms with Crippen LogP contribution in [0.5, 0.6) is 0 Å². The van der Waals surface area contributed by atoms with Gasteiger partial charge in [0, 0.05) is 11.8 Å². The first kappa shape index (κ1) is 11.7. The Labute approximate surface area is 111 Å². The largest absolute Gasteiger partial charge is 0.383 e. The Morgan fingerprint density at radius 3 is 2.68 bits per heavy atom. The van der Waals surface area contributed by atoms with E-state index in [0.717, 1.165) is 18.5 Å². The molecule has 19 heavy (non-hydrogen) atoms. The molecule has 0 amide bonds. The topological polar surface area (TPSA) is 69.1 Å². The smallest absolute Gasteiger partial charge is 0.253 e. The van der Waals surface area contributed by atoms with Crippen LogP contribution in [0.15, 0.2) is 36.4 Å². The van der Waals surface area contributed by atoms with Crippen LogP contribution in [0.4, 0.5) is 5.82 Å². The van der Waals surface area contributed by atoms with E-state index in [0.29, 0.717) is 17.3 Å². The quantitative estimate of drug-likeness (QED) is 0.652. The van der Waals surface area contributed by atoms with Gasteiger partial charge >= 0.3 is 0 Å². The van der Waals surface area contributed by atoms with Crippen LogP contribution in [-0.2, 0) is 12.8 Å². The lowest BCUT2D eigenvalue weighted by Gasteiger charge is -2.03. The van der Waals surface area contributed by atoms with Gasteiger partial charge in [0.1, 0.15) is 11.5 Å². The number of nitrogens with zero attached hydrogens (tertiary/aromatic N) is 4. The Morgan fingerprint density at radius 2 is 1.89 bits per heavy atom. The van der Waals surface area contributed by atoms with Gasteiger partial charge in [-0.1, -0.05) is 30.3 Å². The monoisotopic (exact) mass is 251 g/mol. The van der Waals surface area contributed by atoms with Gasteiger partial charge in [-0.3, -0.25) is 0 Å². The van der Waals surface area contributed by atoms with E-state index in [1.165, 1.54) is 5.56 Å². The summed E-state index contributed by atoms with van der Waals surface area (Å²) in [5, 5.41) is 4.19. The summed E-state index contributed by atoms with van der Waals surface area (Å²) in [5.41, 5.74) is 8.88. The number of anilines is 1. The van der Waals surface area contributed by atoms with Gasteiger partial charge < -0.3 is 5.73 Å². The van der Waals surface area contributed by atoms with Crippen molar-refractivity contribution in [3.63, 3.8) is 0 Å². The molecule has 5 nitrogen and oxygen atoms in total. The van der Waals surface area contributed by atoms with Crippen LogP contribution in [0.2, 0.25) is 0 Å². The molecule has 2 heterocycles. The molecule has 0 aliphatic heterocycles. The number of nitrogens with two attached hydrogens (primary N) is 1. The zero-order valence-corrected chi connectivity index (χ0v) is 10.7. The van der Waals surface area contributed by atoms with Crippen LogP contribution in [0, 0.1) is 0 Å². The second-order valence-corrected chi connectivity index (χ2v) is 4.53. The molecule has 0 aliphatic carbocycles. The number of hydrogen-bond donors (Lipinski definition) is 1. The molecule has 94 valence electrons. The van der Waals surface area contributed by atoms with Gasteiger partial charge in [0.2, 0.25) is 0 Å². The highest BCUT2D eigenvalue weighted by atomic mass is 15.3. The van der Waals surface area contributed by atoms with Gasteiger partial charge in [0.25, 0.3) is 5.78 Å². The second kappa shape index (κ2) is 4.72. The summed E-state index contributed by atoms with van der Waals surface area (Å²) >= 11 is 0. The van der Waals surface area contributed by atoms with Crippen molar-refractivity contribution in [3.05, 3.63) is 47.7 Å². The molecule has 0 atom stereocenters. The number of nitrogen functional groups attached to an aromatic ring is 1. The minimum Gasteiger partial charge on any atom is -0.383 e. The van der Waals surface area contributed by atoms with E-state index in [2.05, 4.69) is 27.2 Å². The van der Waals surface area contributed by atoms with Gasteiger partial charge in [-0.2, -0.15) is 9.61 Å². The Hall–Kier alpha value is -2.37. The van der Waals surface area contributed by atoms with Crippen molar-refractivity contribution in [1.29, 1.82) is 0 Å². The maximum atomic E-state index is 5.96. The van der Waals surface area contributed by atoms with Gasteiger partial charge in [0.05, 0.1) is 0 Å². The minimum absolute atomic E-state index is 0.570. The van der Waals surface area contributed by atoms with E-state index in [1.54, 1.807) is 4.52 Å². The fraction of sp³-hybridized carbons (Fsp3) is 0.154. The molecule has 0 bridgehead atoms. The Balaban J connectivity index is 1.85. The SMILES string of the molecule is Bc1nc2nc(CCc3ccccc3)cc(N)n2n1. The third kappa shape index (κ3) is 2.42. The summed E-state index contributed by atoms with van der Waals surface area (Å²) in [4.78, 5) is 8.73. The van der Waals surface area contributed by atoms with Crippen molar-refractivity contribution >= 4 is 25.2 Å². The van der Waals surface area contributed by atoms with E-state index in [-0.39, 0.29) is 0 Å². The summed E-state index contributed by atoms with van der Waals surface area (Å²) < 4.78 is 1.57. The highest BCUT2D eigenvalue weighted by Crippen LogP contribution is 2.09. The third-order valence-electron chi connectivity index (χ3n) is 3.01. The van der Waals surface area contributed by atoms with E-state index in [4.69, 9.17) is 5.73 Å². The first-order chi connectivity index (χ1) is 9.22. The van der Waals surface area contributed by atoms with Crippen LogP contribution in [0.1, 0.15) is 11.3 Å². The number of aryl methyl sites for hydroxylation is 2. The number of benzene rings is 1. The minimum atomic E-state index is 0.570. The Bertz CT molecular complexity index is 708. The summed E-state index contributed by atoms with van der Waals surface area (Å²) in [6, 6.07) is 12.2. The summed E-state index contributed by atoms with van der Waals surface area (Å²) in [6.45, 7) is 0. The molecule has 2 N–H and O–H groups in total.